The molecule has 2 aromatic rings. The zero-order valence-corrected chi connectivity index (χ0v) is 11.0. The molecule has 0 saturated heterocycles. The van der Waals surface area contributed by atoms with Gasteiger partial charge in [0, 0.05) is 0 Å². The standard InChI is InChI=1S/C17H16O3/c18-17(19)16(15-11-5-2-6-12-15)20-13-7-10-14-8-3-1-4-9-14/h1-12,16H,13H2,(H,18,19)/b10-7+. The molecular formula is C17H16O3. The van der Waals surface area contributed by atoms with Crippen LogP contribution in [0.25, 0.3) is 6.08 Å². The summed E-state index contributed by atoms with van der Waals surface area (Å²) in [5.74, 6) is -0.982. The summed E-state index contributed by atoms with van der Waals surface area (Å²) in [6.07, 6.45) is 2.79. The number of benzene rings is 2. The van der Waals surface area contributed by atoms with Gasteiger partial charge in [-0.25, -0.2) is 4.79 Å². The van der Waals surface area contributed by atoms with E-state index in [1.54, 1.807) is 24.3 Å². The molecule has 1 unspecified atom stereocenters. The summed E-state index contributed by atoms with van der Waals surface area (Å²) in [7, 11) is 0. The molecule has 102 valence electrons. The topological polar surface area (TPSA) is 46.5 Å². The SMILES string of the molecule is O=C(O)C(OC/C=C/c1ccccc1)c1ccccc1. The highest BCUT2D eigenvalue weighted by Gasteiger charge is 2.19. The molecule has 1 atom stereocenters. The van der Waals surface area contributed by atoms with Crippen LogP contribution in [0.15, 0.2) is 66.7 Å². The maximum atomic E-state index is 11.2. The van der Waals surface area contributed by atoms with Gasteiger partial charge in [0.25, 0.3) is 0 Å². The van der Waals surface area contributed by atoms with E-state index < -0.39 is 12.1 Å². The number of carboxylic acids is 1. The van der Waals surface area contributed by atoms with E-state index in [2.05, 4.69) is 0 Å². The maximum absolute atomic E-state index is 11.2. The molecule has 2 aromatic carbocycles. The van der Waals surface area contributed by atoms with Crippen molar-refractivity contribution in [3.63, 3.8) is 0 Å². The predicted octanol–water partition coefficient (Wildman–Crippen LogP) is 3.54. The van der Waals surface area contributed by atoms with Crippen LogP contribution in [0.5, 0.6) is 0 Å². The summed E-state index contributed by atoms with van der Waals surface area (Å²) in [5.41, 5.74) is 1.70. The molecule has 0 bridgehead atoms. The van der Waals surface area contributed by atoms with Crippen LogP contribution in [0.3, 0.4) is 0 Å². The van der Waals surface area contributed by atoms with E-state index in [-0.39, 0.29) is 6.61 Å². The van der Waals surface area contributed by atoms with E-state index in [1.807, 2.05) is 48.6 Å². The highest BCUT2D eigenvalue weighted by molar-refractivity contribution is 5.74. The summed E-state index contributed by atoms with van der Waals surface area (Å²) in [6.45, 7) is 0.251. The third kappa shape index (κ3) is 4.07. The summed E-state index contributed by atoms with van der Waals surface area (Å²) >= 11 is 0. The molecule has 0 aliphatic rings. The summed E-state index contributed by atoms with van der Waals surface area (Å²) in [4.78, 5) is 11.2. The molecule has 1 N–H and O–H groups in total. The monoisotopic (exact) mass is 268 g/mol. The van der Waals surface area contributed by atoms with Crippen LogP contribution in [0.1, 0.15) is 17.2 Å². The first-order valence-corrected chi connectivity index (χ1v) is 6.38. The molecule has 0 spiro atoms. The van der Waals surface area contributed by atoms with Crippen molar-refractivity contribution in [3.05, 3.63) is 77.9 Å². The zero-order valence-electron chi connectivity index (χ0n) is 11.0. The van der Waals surface area contributed by atoms with Crippen molar-refractivity contribution in [2.75, 3.05) is 6.61 Å². The molecule has 2 rings (SSSR count). The van der Waals surface area contributed by atoms with Crippen LogP contribution in [-0.2, 0) is 9.53 Å². The van der Waals surface area contributed by atoms with Gasteiger partial charge >= 0.3 is 5.97 Å². The Labute approximate surface area is 118 Å². The van der Waals surface area contributed by atoms with Crippen molar-refractivity contribution in [2.45, 2.75) is 6.10 Å². The molecule has 3 heteroatoms. The Balaban J connectivity index is 1.94. The lowest BCUT2D eigenvalue weighted by molar-refractivity contribution is -0.150. The van der Waals surface area contributed by atoms with Gasteiger partial charge in [-0.2, -0.15) is 0 Å². The highest BCUT2D eigenvalue weighted by atomic mass is 16.5. The third-order valence-electron chi connectivity index (χ3n) is 2.80. The molecule has 0 amide bonds. The van der Waals surface area contributed by atoms with Gasteiger partial charge in [-0.15, -0.1) is 0 Å². The second-order valence-electron chi connectivity index (χ2n) is 4.28. The third-order valence-corrected chi connectivity index (χ3v) is 2.80. The fourth-order valence-electron chi connectivity index (χ4n) is 1.84. The van der Waals surface area contributed by atoms with Crippen molar-refractivity contribution in [1.29, 1.82) is 0 Å². The Kier molecular flexibility index (Phi) is 5.09. The predicted molar refractivity (Wildman–Crippen MR) is 78.2 cm³/mol. The summed E-state index contributed by atoms with van der Waals surface area (Å²) < 4.78 is 5.42. The van der Waals surface area contributed by atoms with Gasteiger partial charge in [-0.1, -0.05) is 72.8 Å². The number of ether oxygens (including phenoxy) is 1. The van der Waals surface area contributed by atoms with Gasteiger partial charge in [0.2, 0.25) is 0 Å². The largest absolute Gasteiger partial charge is 0.479 e. The van der Waals surface area contributed by atoms with E-state index >= 15 is 0 Å². The lowest BCUT2D eigenvalue weighted by Gasteiger charge is -2.12. The van der Waals surface area contributed by atoms with Crippen LogP contribution in [0, 0.1) is 0 Å². The molecule has 20 heavy (non-hydrogen) atoms. The molecule has 0 radical (unpaired) electrons. The quantitative estimate of drug-likeness (QED) is 0.871. The van der Waals surface area contributed by atoms with Gasteiger partial charge in [0.15, 0.2) is 6.10 Å². The Hall–Kier alpha value is -2.39. The van der Waals surface area contributed by atoms with Crippen molar-refractivity contribution < 1.29 is 14.6 Å². The van der Waals surface area contributed by atoms with Crippen LogP contribution in [-0.4, -0.2) is 17.7 Å². The lowest BCUT2D eigenvalue weighted by atomic mass is 10.1. The normalized spacial score (nSPS) is 12.4. The van der Waals surface area contributed by atoms with Gasteiger partial charge in [0.05, 0.1) is 6.61 Å². The first kappa shape index (κ1) is 14.0. The Morgan fingerprint density at radius 1 is 1.05 bits per heavy atom. The number of hydrogen-bond acceptors (Lipinski definition) is 2. The minimum atomic E-state index is -0.982. The molecule has 0 aromatic heterocycles. The van der Waals surface area contributed by atoms with Gasteiger partial charge in [-0.3, -0.25) is 0 Å². The van der Waals surface area contributed by atoms with Crippen LogP contribution < -0.4 is 0 Å². The van der Waals surface area contributed by atoms with E-state index in [4.69, 9.17) is 4.74 Å². The summed E-state index contributed by atoms with van der Waals surface area (Å²) in [5, 5.41) is 9.19. The van der Waals surface area contributed by atoms with Crippen LogP contribution in [0.4, 0.5) is 0 Å². The second kappa shape index (κ2) is 7.26. The zero-order chi connectivity index (χ0) is 14.2. The summed E-state index contributed by atoms with van der Waals surface area (Å²) in [6, 6.07) is 18.7. The first-order valence-electron chi connectivity index (χ1n) is 6.38. The number of aliphatic carboxylic acids is 1. The van der Waals surface area contributed by atoms with E-state index in [9.17, 15) is 9.90 Å². The van der Waals surface area contributed by atoms with E-state index in [0.717, 1.165) is 5.56 Å². The average molecular weight is 268 g/mol. The first-order chi connectivity index (χ1) is 9.77. The van der Waals surface area contributed by atoms with Crippen LogP contribution in [0.2, 0.25) is 0 Å². The van der Waals surface area contributed by atoms with Crippen molar-refractivity contribution in [1.82, 2.24) is 0 Å². The van der Waals surface area contributed by atoms with E-state index in [0.29, 0.717) is 5.56 Å². The molecule has 3 nitrogen and oxygen atoms in total. The van der Waals surface area contributed by atoms with Crippen molar-refractivity contribution in [3.8, 4) is 0 Å². The number of hydrogen-bond donors (Lipinski definition) is 1. The van der Waals surface area contributed by atoms with Gasteiger partial charge in [-0.05, 0) is 11.1 Å². The number of rotatable bonds is 6. The van der Waals surface area contributed by atoms with Gasteiger partial charge in [0.1, 0.15) is 0 Å². The fraction of sp³-hybridized carbons (Fsp3) is 0.118. The minimum absolute atomic E-state index is 0.251. The van der Waals surface area contributed by atoms with E-state index in [1.165, 1.54) is 0 Å². The average Bonchev–Trinajstić information content (AvgIpc) is 2.49. The second-order valence-corrected chi connectivity index (χ2v) is 4.28. The number of carbonyl (C=O) groups is 1. The molecule has 0 aliphatic carbocycles. The van der Waals surface area contributed by atoms with Crippen molar-refractivity contribution in [2.24, 2.45) is 0 Å². The molecule has 0 heterocycles. The molecule has 0 saturated carbocycles. The highest BCUT2D eigenvalue weighted by Crippen LogP contribution is 2.17. The smallest absolute Gasteiger partial charge is 0.337 e. The Morgan fingerprint density at radius 2 is 1.65 bits per heavy atom. The lowest BCUT2D eigenvalue weighted by Crippen LogP contribution is -2.15. The maximum Gasteiger partial charge on any atom is 0.337 e. The molecular weight excluding hydrogens is 252 g/mol. The Bertz CT molecular complexity index is 561. The minimum Gasteiger partial charge on any atom is -0.479 e. The molecule has 0 fully saturated rings. The van der Waals surface area contributed by atoms with Crippen molar-refractivity contribution >= 4 is 12.0 Å². The fourth-order valence-corrected chi connectivity index (χ4v) is 1.84. The van der Waals surface area contributed by atoms with Gasteiger partial charge < -0.3 is 9.84 Å². The van der Waals surface area contributed by atoms with Crippen LogP contribution >= 0.6 is 0 Å². The Morgan fingerprint density at radius 3 is 2.25 bits per heavy atom. The molecule has 0 aliphatic heterocycles. The number of carboxylic acid groups (broad SMARTS) is 1.